The minimum Gasteiger partial charge on any atom is -0.368 e. The molecule has 4 heterocycles. The highest BCUT2D eigenvalue weighted by molar-refractivity contribution is 7.88. The Kier molecular flexibility index (Phi) is 5.28. The number of rotatable bonds is 3. The van der Waals surface area contributed by atoms with Gasteiger partial charge in [0, 0.05) is 25.3 Å². The van der Waals surface area contributed by atoms with Gasteiger partial charge in [0.05, 0.1) is 24.5 Å². The van der Waals surface area contributed by atoms with Gasteiger partial charge in [0.15, 0.2) is 0 Å². The van der Waals surface area contributed by atoms with Crippen LogP contribution in [0.15, 0.2) is 4.79 Å². The van der Waals surface area contributed by atoms with Crippen molar-refractivity contribution in [1.82, 2.24) is 19.2 Å². The molecule has 0 radical (unpaired) electrons. The lowest BCUT2D eigenvalue weighted by atomic mass is 9.99. The highest BCUT2D eigenvalue weighted by Gasteiger charge is 2.36. The third-order valence-electron chi connectivity index (χ3n) is 5.83. The van der Waals surface area contributed by atoms with E-state index in [2.05, 4.69) is 9.97 Å². The Balaban J connectivity index is 1.65. The summed E-state index contributed by atoms with van der Waals surface area (Å²) in [5.74, 6) is 0.408. The van der Waals surface area contributed by atoms with Gasteiger partial charge in [0.2, 0.25) is 10.0 Å². The zero-order chi connectivity index (χ0) is 19.9. The molecule has 2 saturated heterocycles. The lowest BCUT2D eigenvalue weighted by molar-refractivity contribution is -0.145. The Labute approximate surface area is 164 Å². The number of hydrogen-bond donors (Lipinski definition) is 1. The van der Waals surface area contributed by atoms with Crippen molar-refractivity contribution in [3.63, 3.8) is 0 Å². The average molecular weight is 410 g/mol. The largest absolute Gasteiger partial charge is 0.368 e. The number of nitrogens with zero attached hydrogens (tertiary/aromatic N) is 3. The van der Waals surface area contributed by atoms with Crippen LogP contribution in [0.5, 0.6) is 0 Å². The fourth-order valence-electron chi connectivity index (χ4n) is 4.31. The van der Waals surface area contributed by atoms with E-state index in [-0.39, 0.29) is 30.6 Å². The van der Waals surface area contributed by atoms with E-state index in [1.807, 2.05) is 0 Å². The number of fused-ring (bicyclic) bond motifs is 1. The van der Waals surface area contributed by atoms with E-state index < -0.39 is 16.1 Å². The summed E-state index contributed by atoms with van der Waals surface area (Å²) >= 11 is 0. The van der Waals surface area contributed by atoms with E-state index in [0.29, 0.717) is 36.7 Å². The van der Waals surface area contributed by atoms with Crippen molar-refractivity contribution in [2.24, 2.45) is 0 Å². The summed E-state index contributed by atoms with van der Waals surface area (Å²) in [6.07, 6.45) is 5.26. The van der Waals surface area contributed by atoms with Crippen molar-refractivity contribution >= 4 is 15.9 Å². The van der Waals surface area contributed by atoms with Gasteiger partial charge in [0.1, 0.15) is 11.9 Å². The Bertz CT molecular complexity index is 922. The van der Waals surface area contributed by atoms with Crippen LogP contribution in [0.4, 0.5) is 0 Å². The lowest BCUT2D eigenvalue weighted by Gasteiger charge is -2.36. The van der Waals surface area contributed by atoms with Crippen LogP contribution >= 0.6 is 0 Å². The van der Waals surface area contributed by atoms with Crippen LogP contribution in [-0.2, 0) is 32.5 Å². The Morgan fingerprint density at radius 2 is 2.04 bits per heavy atom. The molecule has 0 unspecified atom stereocenters. The summed E-state index contributed by atoms with van der Waals surface area (Å²) in [7, 11) is -3.35. The molecule has 1 aromatic heterocycles. The number of aromatic amines is 1. The molecule has 154 valence electrons. The van der Waals surface area contributed by atoms with Crippen LogP contribution in [0.1, 0.15) is 55.2 Å². The smallest absolute Gasteiger partial charge is 0.254 e. The number of likely N-dealkylation sites (tertiary alicyclic amines) is 1. The van der Waals surface area contributed by atoms with Crippen molar-refractivity contribution in [2.75, 3.05) is 26.0 Å². The summed E-state index contributed by atoms with van der Waals surface area (Å²) in [5.41, 5.74) is 0.796. The van der Waals surface area contributed by atoms with E-state index in [1.165, 1.54) is 4.31 Å². The van der Waals surface area contributed by atoms with Gasteiger partial charge in [-0.05, 0) is 38.5 Å². The topological polar surface area (TPSA) is 113 Å². The molecule has 2 fully saturated rings. The van der Waals surface area contributed by atoms with Gasteiger partial charge in [-0.1, -0.05) is 0 Å². The average Bonchev–Trinajstić information content (AvgIpc) is 3.21. The highest BCUT2D eigenvalue weighted by atomic mass is 32.2. The molecule has 3 aliphatic rings. The molecule has 28 heavy (non-hydrogen) atoms. The number of aromatic nitrogens is 2. The number of ether oxygens (including phenoxy) is 1. The molecule has 3 aliphatic heterocycles. The minimum absolute atomic E-state index is 0.0414. The Morgan fingerprint density at radius 3 is 2.75 bits per heavy atom. The Morgan fingerprint density at radius 1 is 1.21 bits per heavy atom. The molecular formula is C18H26N4O5S. The van der Waals surface area contributed by atoms with Gasteiger partial charge in [-0.15, -0.1) is 0 Å². The fourth-order valence-corrected chi connectivity index (χ4v) is 5.09. The molecule has 0 bridgehead atoms. The maximum absolute atomic E-state index is 12.9. The number of H-pyrrole nitrogens is 1. The second-order valence-electron chi connectivity index (χ2n) is 7.77. The number of sulfonamides is 1. The molecule has 2 atom stereocenters. The SMILES string of the molecule is CS(=O)(=O)N1CCc2c(nc([C@H]3CCCCN3C(=O)[C@H]3CCCO3)[nH]c2=O)C1. The van der Waals surface area contributed by atoms with Gasteiger partial charge >= 0.3 is 0 Å². The second kappa shape index (κ2) is 7.57. The summed E-state index contributed by atoms with van der Waals surface area (Å²) in [6.45, 7) is 1.59. The summed E-state index contributed by atoms with van der Waals surface area (Å²) in [5, 5.41) is 0. The predicted octanol–water partition coefficient (Wildman–Crippen LogP) is 0.320. The van der Waals surface area contributed by atoms with Crippen molar-refractivity contribution in [3.05, 3.63) is 27.4 Å². The maximum Gasteiger partial charge on any atom is 0.254 e. The first-order valence-corrected chi connectivity index (χ1v) is 11.7. The molecule has 4 rings (SSSR count). The zero-order valence-electron chi connectivity index (χ0n) is 16.0. The molecule has 1 N–H and O–H groups in total. The molecule has 0 saturated carbocycles. The molecular weight excluding hydrogens is 384 g/mol. The molecule has 9 nitrogen and oxygen atoms in total. The van der Waals surface area contributed by atoms with Crippen LogP contribution in [0, 0.1) is 0 Å². The minimum atomic E-state index is -3.35. The van der Waals surface area contributed by atoms with Gasteiger partial charge in [-0.2, -0.15) is 4.31 Å². The highest BCUT2D eigenvalue weighted by Crippen LogP contribution is 2.31. The van der Waals surface area contributed by atoms with Crippen LogP contribution in [0.3, 0.4) is 0 Å². The van der Waals surface area contributed by atoms with Crippen LogP contribution in [0.2, 0.25) is 0 Å². The summed E-state index contributed by atoms with van der Waals surface area (Å²) in [4.78, 5) is 34.8. The number of piperidine rings is 1. The third kappa shape index (κ3) is 3.72. The van der Waals surface area contributed by atoms with Gasteiger partial charge < -0.3 is 14.6 Å². The molecule has 1 amide bonds. The van der Waals surface area contributed by atoms with Crippen molar-refractivity contribution in [3.8, 4) is 0 Å². The number of amides is 1. The first-order valence-electron chi connectivity index (χ1n) is 9.84. The Hall–Kier alpha value is -1.78. The number of carbonyl (C=O) groups is 1. The lowest BCUT2D eigenvalue weighted by Crippen LogP contribution is -2.45. The van der Waals surface area contributed by atoms with Crippen LogP contribution in [-0.4, -0.2) is 65.6 Å². The van der Waals surface area contributed by atoms with Crippen molar-refractivity contribution in [1.29, 1.82) is 0 Å². The first-order chi connectivity index (χ1) is 13.3. The summed E-state index contributed by atoms with van der Waals surface area (Å²) < 4.78 is 30.7. The van der Waals surface area contributed by atoms with E-state index in [4.69, 9.17) is 4.74 Å². The molecule has 0 spiro atoms. The van der Waals surface area contributed by atoms with Gasteiger partial charge in [-0.3, -0.25) is 9.59 Å². The van der Waals surface area contributed by atoms with Crippen LogP contribution in [0.25, 0.3) is 0 Å². The van der Waals surface area contributed by atoms with E-state index in [1.54, 1.807) is 4.90 Å². The zero-order valence-corrected chi connectivity index (χ0v) is 16.8. The molecule has 0 aromatic carbocycles. The third-order valence-corrected chi connectivity index (χ3v) is 7.08. The fraction of sp³-hybridized carbons (Fsp3) is 0.722. The number of nitrogens with one attached hydrogen (secondary N) is 1. The van der Waals surface area contributed by atoms with E-state index in [0.717, 1.165) is 38.4 Å². The normalized spacial score (nSPS) is 26.2. The first kappa shape index (κ1) is 19.5. The predicted molar refractivity (Wildman–Crippen MR) is 101 cm³/mol. The summed E-state index contributed by atoms with van der Waals surface area (Å²) in [6, 6.07) is -0.308. The van der Waals surface area contributed by atoms with Gasteiger partial charge in [-0.25, -0.2) is 13.4 Å². The quantitative estimate of drug-likeness (QED) is 0.768. The second-order valence-corrected chi connectivity index (χ2v) is 9.75. The van der Waals surface area contributed by atoms with Crippen molar-refractivity contribution < 1.29 is 17.9 Å². The van der Waals surface area contributed by atoms with Crippen LogP contribution < -0.4 is 5.56 Å². The van der Waals surface area contributed by atoms with Crippen molar-refractivity contribution in [2.45, 2.75) is 57.2 Å². The van der Waals surface area contributed by atoms with E-state index in [9.17, 15) is 18.0 Å². The van der Waals surface area contributed by atoms with E-state index >= 15 is 0 Å². The molecule has 1 aromatic rings. The monoisotopic (exact) mass is 410 g/mol. The number of carbonyl (C=O) groups excluding carboxylic acids is 1. The van der Waals surface area contributed by atoms with Gasteiger partial charge in [0.25, 0.3) is 11.5 Å². The maximum atomic E-state index is 12.9. The standard InChI is InChI=1S/C18H26N4O5S/c1-28(25,26)21-9-7-12-13(11-21)19-16(20-17(12)23)14-5-2-3-8-22(14)18(24)15-6-4-10-27-15/h14-15H,2-11H2,1H3,(H,19,20,23)/t14-,15-/m1/s1. The molecule has 0 aliphatic carbocycles. The molecule has 10 heteroatoms. The number of hydrogen-bond acceptors (Lipinski definition) is 6.